The van der Waals surface area contributed by atoms with Crippen LogP contribution in [-0.2, 0) is 12.8 Å². The van der Waals surface area contributed by atoms with E-state index in [2.05, 4.69) is 0 Å². The molecule has 2 rings (SSSR count). The topological polar surface area (TPSA) is 26.0 Å². The first-order valence-corrected chi connectivity index (χ1v) is 4.26. The Morgan fingerprint density at radius 1 is 1.14 bits per heavy atom. The molecule has 0 unspecified atom stereocenters. The molecule has 1 aromatic carbocycles. The van der Waals surface area contributed by atoms with Crippen LogP contribution in [0.3, 0.4) is 0 Å². The van der Waals surface area contributed by atoms with Gasteiger partial charge in [0.25, 0.3) is 6.43 Å². The van der Waals surface area contributed by atoms with E-state index in [1.165, 1.54) is 0 Å². The van der Waals surface area contributed by atoms with E-state index in [9.17, 15) is 8.78 Å². The van der Waals surface area contributed by atoms with E-state index in [1.807, 2.05) is 24.3 Å². The van der Waals surface area contributed by atoms with Gasteiger partial charge in [0.1, 0.15) is 0 Å². The van der Waals surface area contributed by atoms with Crippen molar-refractivity contribution in [1.82, 2.24) is 0 Å². The fourth-order valence-electron chi connectivity index (χ4n) is 1.83. The number of alkyl halides is 2. The second-order valence-corrected chi connectivity index (χ2v) is 3.66. The quantitative estimate of drug-likeness (QED) is 0.770. The predicted molar refractivity (Wildman–Crippen MR) is 54.0 cm³/mol. The Hall–Kier alpha value is -0.670. The van der Waals surface area contributed by atoms with Gasteiger partial charge in [-0.15, -0.1) is 12.4 Å². The maximum absolute atomic E-state index is 12.6. The van der Waals surface area contributed by atoms with Crippen LogP contribution < -0.4 is 5.73 Å². The van der Waals surface area contributed by atoms with Gasteiger partial charge in [-0.1, -0.05) is 24.3 Å². The number of halogens is 3. The van der Waals surface area contributed by atoms with Gasteiger partial charge in [-0.3, -0.25) is 0 Å². The van der Waals surface area contributed by atoms with E-state index < -0.39 is 12.0 Å². The van der Waals surface area contributed by atoms with Crippen LogP contribution in [0.15, 0.2) is 24.3 Å². The summed E-state index contributed by atoms with van der Waals surface area (Å²) in [5, 5.41) is 0. The van der Waals surface area contributed by atoms with Gasteiger partial charge in [0.15, 0.2) is 0 Å². The molecule has 0 bridgehead atoms. The average Bonchev–Trinajstić information content (AvgIpc) is 2.42. The lowest BCUT2D eigenvalue weighted by Gasteiger charge is -2.21. The molecule has 0 radical (unpaired) electrons. The molecule has 1 aliphatic carbocycles. The predicted octanol–water partition coefficient (Wildman–Crippen LogP) is 2.17. The molecule has 4 heteroatoms. The van der Waals surface area contributed by atoms with E-state index in [0.29, 0.717) is 12.8 Å². The summed E-state index contributed by atoms with van der Waals surface area (Å²) < 4.78 is 25.1. The molecule has 14 heavy (non-hydrogen) atoms. The molecule has 0 atom stereocenters. The van der Waals surface area contributed by atoms with E-state index in [4.69, 9.17) is 5.73 Å². The van der Waals surface area contributed by atoms with Gasteiger partial charge in [-0.2, -0.15) is 0 Å². The average molecular weight is 220 g/mol. The van der Waals surface area contributed by atoms with Crippen molar-refractivity contribution in [3.63, 3.8) is 0 Å². The molecule has 1 aliphatic rings. The fourth-order valence-corrected chi connectivity index (χ4v) is 1.83. The van der Waals surface area contributed by atoms with Crippen molar-refractivity contribution in [3.8, 4) is 0 Å². The largest absolute Gasteiger partial charge is 0.320 e. The van der Waals surface area contributed by atoms with Gasteiger partial charge in [-0.25, -0.2) is 8.78 Å². The summed E-state index contributed by atoms with van der Waals surface area (Å²) >= 11 is 0. The number of nitrogens with two attached hydrogens (primary N) is 1. The van der Waals surface area contributed by atoms with Gasteiger partial charge in [0, 0.05) is 0 Å². The second-order valence-electron chi connectivity index (χ2n) is 3.66. The number of benzene rings is 1. The summed E-state index contributed by atoms with van der Waals surface area (Å²) in [5.41, 5.74) is 6.20. The minimum absolute atomic E-state index is 0. The Morgan fingerprint density at radius 3 is 1.93 bits per heavy atom. The zero-order valence-corrected chi connectivity index (χ0v) is 8.36. The van der Waals surface area contributed by atoms with Crippen molar-refractivity contribution in [3.05, 3.63) is 35.4 Å². The molecular formula is C10H12ClF2N. The molecule has 0 spiro atoms. The van der Waals surface area contributed by atoms with Crippen LogP contribution >= 0.6 is 12.4 Å². The molecule has 2 N–H and O–H groups in total. The van der Waals surface area contributed by atoms with Crippen LogP contribution in [0.1, 0.15) is 11.1 Å². The maximum atomic E-state index is 12.6. The van der Waals surface area contributed by atoms with Crippen LogP contribution in [-0.4, -0.2) is 12.0 Å². The maximum Gasteiger partial charge on any atom is 0.256 e. The Kier molecular flexibility index (Phi) is 3.12. The van der Waals surface area contributed by atoms with Gasteiger partial charge in [-0.05, 0) is 24.0 Å². The van der Waals surface area contributed by atoms with Crippen molar-refractivity contribution in [2.75, 3.05) is 0 Å². The zero-order chi connectivity index (χ0) is 9.47. The highest BCUT2D eigenvalue weighted by atomic mass is 35.5. The zero-order valence-electron chi connectivity index (χ0n) is 7.54. The standard InChI is InChI=1S/C10H11F2N.ClH/c11-9(12)10(13)5-7-3-1-2-4-8(7)6-10;/h1-4,9H,5-6,13H2;1H. The third kappa shape index (κ3) is 1.74. The molecule has 0 amide bonds. The molecule has 1 aromatic rings. The van der Waals surface area contributed by atoms with Crippen molar-refractivity contribution in [1.29, 1.82) is 0 Å². The Bertz CT molecular complexity index is 303. The molecule has 0 saturated carbocycles. The van der Waals surface area contributed by atoms with Crippen LogP contribution in [0.4, 0.5) is 8.78 Å². The monoisotopic (exact) mass is 219 g/mol. The van der Waals surface area contributed by atoms with E-state index >= 15 is 0 Å². The van der Waals surface area contributed by atoms with Gasteiger partial charge in [0.05, 0.1) is 5.54 Å². The van der Waals surface area contributed by atoms with Crippen molar-refractivity contribution < 1.29 is 8.78 Å². The normalized spacial score (nSPS) is 17.7. The SMILES string of the molecule is Cl.NC1(C(F)F)Cc2ccccc2C1. The molecule has 0 fully saturated rings. The number of hydrogen-bond acceptors (Lipinski definition) is 1. The minimum atomic E-state index is -2.44. The Labute approximate surface area is 87.7 Å². The van der Waals surface area contributed by atoms with Crippen LogP contribution in [0.25, 0.3) is 0 Å². The van der Waals surface area contributed by atoms with Crippen molar-refractivity contribution in [2.45, 2.75) is 24.8 Å². The fraction of sp³-hybridized carbons (Fsp3) is 0.400. The third-order valence-electron chi connectivity index (χ3n) is 2.59. The molecule has 78 valence electrons. The lowest BCUT2D eigenvalue weighted by molar-refractivity contribution is 0.0593. The minimum Gasteiger partial charge on any atom is -0.320 e. The van der Waals surface area contributed by atoms with Crippen molar-refractivity contribution >= 4 is 12.4 Å². The first-order valence-electron chi connectivity index (χ1n) is 4.26. The summed E-state index contributed by atoms with van der Waals surface area (Å²) in [6.45, 7) is 0. The molecule has 0 aliphatic heterocycles. The van der Waals surface area contributed by atoms with Gasteiger partial charge < -0.3 is 5.73 Å². The smallest absolute Gasteiger partial charge is 0.256 e. The lowest BCUT2D eigenvalue weighted by atomic mass is 9.98. The number of hydrogen-bond donors (Lipinski definition) is 1. The summed E-state index contributed by atoms with van der Waals surface area (Å²) in [6, 6.07) is 7.45. The van der Waals surface area contributed by atoms with Crippen molar-refractivity contribution in [2.24, 2.45) is 5.73 Å². The van der Waals surface area contributed by atoms with E-state index in [1.54, 1.807) is 0 Å². The molecular weight excluding hydrogens is 208 g/mol. The number of fused-ring (bicyclic) bond motifs is 1. The lowest BCUT2D eigenvalue weighted by Crippen LogP contribution is -2.47. The Morgan fingerprint density at radius 2 is 1.57 bits per heavy atom. The number of rotatable bonds is 1. The summed E-state index contributed by atoms with van der Waals surface area (Å²) in [7, 11) is 0. The van der Waals surface area contributed by atoms with Crippen LogP contribution in [0, 0.1) is 0 Å². The van der Waals surface area contributed by atoms with Gasteiger partial charge >= 0.3 is 0 Å². The first kappa shape index (κ1) is 11.4. The summed E-state index contributed by atoms with van der Waals surface area (Å²) in [6.07, 6.45) is -1.86. The summed E-state index contributed by atoms with van der Waals surface area (Å²) in [5.74, 6) is 0. The van der Waals surface area contributed by atoms with E-state index in [0.717, 1.165) is 11.1 Å². The highest BCUT2D eigenvalue weighted by Crippen LogP contribution is 2.32. The first-order chi connectivity index (χ1) is 6.12. The highest BCUT2D eigenvalue weighted by Gasteiger charge is 2.41. The second kappa shape index (κ2) is 3.83. The molecule has 1 nitrogen and oxygen atoms in total. The van der Waals surface area contributed by atoms with Crippen LogP contribution in [0.5, 0.6) is 0 Å². The molecule has 0 saturated heterocycles. The van der Waals surface area contributed by atoms with Crippen LogP contribution in [0.2, 0.25) is 0 Å². The summed E-state index contributed by atoms with van der Waals surface area (Å²) in [4.78, 5) is 0. The van der Waals surface area contributed by atoms with Gasteiger partial charge in [0.2, 0.25) is 0 Å². The molecule has 0 aromatic heterocycles. The molecule has 0 heterocycles. The Balaban J connectivity index is 0.000000980. The highest BCUT2D eigenvalue weighted by molar-refractivity contribution is 5.85. The van der Waals surface area contributed by atoms with E-state index in [-0.39, 0.29) is 12.4 Å². The third-order valence-corrected chi connectivity index (χ3v) is 2.59.